The number of rotatable bonds is 4. The smallest absolute Gasteiger partial charge is 0.271 e. The fraction of sp³-hybridized carbons (Fsp3) is 0.429. The third-order valence-corrected chi connectivity index (χ3v) is 4.54. The maximum Gasteiger partial charge on any atom is 0.271 e. The first-order valence-corrected chi connectivity index (χ1v) is 7.57. The van der Waals surface area contributed by atoms with E-state index in [0.717, 1.165) is 19.3 Å². The summed E-state index contributed by atoms with van der Waals surface area (Å²) < 4.78 is 5.26. The van der Waals surface area contributed by atoms with E-state index in [4.69, 9.17) is 4.42 Å². The van der Waals surface area contributed by atoms with E-state index in [0.29, 0.717) is 16.5 Å². The Hall–Kier alpha value is -1.66. The average Bonchev–Trinajstić information content (AvgIpc) is 3.19. The SMILES string of the molecule is O=C(NC1CCCC1CO)c1csc(-c2ccco2)n1. The Morgan fingerprint density at radius 1 is 1.55 bits per heavy atom. The summed E-state index contributed by atoms with van der Waals surface area (Å²) in [6, 6.07) is 3.67. The molecule has 106 valence electrons. The highest BCUT2D eigenvalue weighted by atomic mass is 32.1. The second kappa shape index (κ2) is 5.76. The van der Waals surface area contributed by atoms with Crippen LogP contribution in [0.25, 0.3) is 10.8 Å². The molecule has 20 heavy (non-hydrogen) atoms. The minimum absolute atomic E-state index is 0.0567. The van der Waals surface area contributed by atoms with Crippen molar-refractivity contribution in [1.82, 2.24) is 10.3 Å². The van der Waals surface area contributed by atoms with Crippen LogP contribution in [0, 0.1) is 5.92 Å². The second-order valence-corrected chi connectivity index (χ2v) is 5.83. The number of carbonyl (C=O) groups excluding carboxylic acids is 1. The van der Waals surface area contributed by atoms with Crippen molar-refractivity contribution in [1.29, 1.82) is 0 Å². The van der Waals surface area contributed by atoms with Gasteiger partial charge in [0.1, 0.15) is 5.69 Å². The highest BCUT2D eigenvalue weighted by Gasteiger charge is 2.28. The predicted molar refractivity (Wildman–Crippen MR) is 75.5 cm³/mol. The molecular formula is C14H16N2O3S. The van der Waals surface area contributed by atoms with E-state index in [9.17, 15) is 9.90 Å². The van der Waals surface area contributed by atoms with Gasteiger partial charge in [0, 0.05) is 23.9 Å². The Balaban J connectivity index is 1.68. The largest absolute Gasteiger partial charge is 0.462 e. The van der Waals surface area contributed by atoms with E-state index < -0.39 is 0 Å². The fourth-order valence-corrected chi connectivity index (χ4v) is 3.35. The number of hydrogen-bond donors (Lipinski definition) is 2. The highest BCUT2D eigenvalue weighted by molar-refractivity contribution is 7.13. The van der Waals surface area contributed by atoms with Crippen LogP contribution in [0.1, 0.15) is 29.8 Å². The molecule has 0 aromatic carbocycles. The number of nitrogens with one attached hydrogen (secondary N) is 1. The third-order valence-electron chi connectivity index (χ3n) is 3.68. The first-order valence-electron chi connectivity index (χ1n) is 6.69. The minimum Gasteiger partial charge on any atom is -0.462 e. The van der Waals surface area contributed by atoms with Crippen molar-refractivity contribution in [3.05, 3.63) is 29.5 Å². The van der Waals surface area contributed by atoms with Crippen LogP contribution < -0.4 is 5.32 Å². The lowest BCUT2D eigenvalue weighted by Gasteiger charge is -2.18. The van der Waals surface area contributed by atoms with Gasteiger partial charge in [-0.3, -0.25) is 4.79 Å². The number of thiazole rings is 1. The summed E-state index contributed by atoms with van der Waals surface area (Å²) in [5, 5.41) is 14.7. The maximum atomic E-state index is 12.2. The Bertz CT molecular complexity index is 579. The van der Waals surface area contributed by atoms with Gasteiger partial charge < -0.3 is 14.8 Å². The molecule has 2 heterocycles. The monoisotopic (exact) mass is 292 g/mol. The van der Waals surface area contributed by atoms with Crippen LogP contribution in [0.5, 0.6) is 0 Å². The van der Waals surface area contributed by atoms with Gasteiger partial charge in [-0.15, -0.1) is 11.3 Å². The van der Waals surface area contributed by atoms with Crippen molar-refractivity contribution in [2.75, 3.05) is 6.61 Å². The number of amides is 1. The zero-order valence-corrected chi connectivity index (χ0v) is 11.7. The van der Waals surface area contributed by atoms with Crippen LogP contribution in [0.2, 0.25) is 0 Å². The molecule has 2 N–H and O–H groups in total. The van der Waals surface area contributed by atoms with Crippen LogP contribution in [0.4, 0.5) is 0 Å². The van der Waals surface area contributed by atoms with Crippen molar-refractivity contribution >= 4 is 17.2 Å². The maximum absolute atomic E-state index is 12.2. The molecule has 1 fully saturated rings. The number of hydrogen-bond acceptors (Lipinski definition) is 5. The molecule has 1 aliphatic rings. The van der Waals surface area contributed by atoms with Crippen LogP contribution in [0.3, 0.4) is 0 Å². The minimum atomic E-state index is -0.176. The highest BCUT2D eigenvalue weighted by Crippen LogP contribution is 2.26. The van der Waals surface area contributed by atoms with E-state index in [1.807, 2.05) is 6.07 Å². The summed E-state index contributed by atoms with van der Waals surface area (Å²) in [6.07, 6.45) is 4.52. The van der Waals surface area contributed by atoms with Gasteiger partial charge in [0.2, 0.25) is 0 Å². The van der Waals surface area contributed by atoms with E-state index in [-0.39, 0.29) is 24.5 Å². The summed E-state index contributed by atoms with van der Waals surface area (Å²) >= 11 is 1.38. The molecule has 0 bridgehead atoms. The first-order chi connectivity index (χ1) is 9.78. The summed E-state index contributed by atoms with van der Waals surface area (Å²) in [4.78, 5) is 16.5. The summed E-state index contributed by atoms with van der Waals surface area (Å²) in [7, 11) is 0. The molecule has 2 aromatic rings. The quantitative estimate of drug-likeness (QED) is 0.906. The van der Waals surface area contributed by atoms with E-state index in [1.165, 1.54) is 11.3 Å². The van der Waals surface area contributed by atoms with Gasteiger partial charge in [0.05, 0.1) is 6.26 Å². The van der Waals surface area contributed by atoms with E-state index in [2.05, 4.69) is 10.3 Å². The van der Waals surface area contributed by atoms with Crippen molar-refractivity contribution in [3.63, 3.8) is 0 Å². The molecule has 1 saturated carbocycles. The average molecular weight is 292 g/mol. The Morgan fingerprint density at radius 2 is 2.45 bits per heavy atom. The van der Waals surface area contributed by atoms with Gasteiger partial charge in [0.15, 0.2) is 10.8 Å². The van der Waals surface area contributed by atoms with Gasteiger partial charge in [-0.2, -0.15) is 0 Å². The number of carbonyl (C=O) groups is 1. The molecule has 0 saturated heterocycles. The molecule has 0 aliphatic heterocycles. The van der Waals surface area contributed by atoms with Gasteiger partial charge in [-0.05, 0) is 25.0 Å². The van der Waals surface area contributed by atoms with Crippen molar-refractivity contribution < 1.29 is 14.3 Å². The summed E-state index contributed by atoms with van der Waals surface area (Å²) in [6.45, 7) is 0.125. The van der Waals surface area contributed by atoms with Crippen LogP contribution in [0.15, 0.2) is 28.2 Å². The van der Waals surface area contributed by atoms with Crippen molar-refractivity contribution in [3.8, 4) is 10.8 Å². The molecule has 2 atom stereocenters. The summed E-state index contributed by atoms with van der Waals surface area (Å²) in [5.74, 6) is 0.662. The van der Waals surface area contributed by atoms with Gasteiger partial charge >= 0.3 is 0 Å². The zero-order chi connectivity index (χ0) is 13.9. The molecule has 1 amide bonds. The normalized spacial score (nSPS) is 22.1. The fourth-order valence-electron chi connectivity index (χ4n) is 2.58. The van der Waals surface area contributed by atoms with Crippen molar-refractivity contribution in [2.45, 2.75) is 25.3 Å². The molecular weight excluding hydrogens is 276 g/mol. The van der Waals surface area contributed by atoms with E-state index >= 15 is 0 Å². The van der Waals surface area contributed by atoms with Crippen LogP contribution >= 0.6 is 11.3 Å². The lowest BCUT2D eigenvalue weighted by molar-refractivity contribution is 0.0912. The molecule has 1 aliphatic carbocycles. The Labute approximate surface area is 120 Å². The van der Waals surface area contributed by atoms with Crippen molar-refractivity contribution in [2.24, 2.45) is 5.92 Å². The standard InChI is InChI=1S/C14H16N2O3S/c17-7-9-3-1-4-10(9)15-13(18)11-8-20-14(16-11)12-5-2-6-19-12/h2,5-6,8-10,17H,1,3-4,7H2,(H,15,18). The number of aromatic nitrogens is 1. The van der Waals surface area contributed by atoms with Gasteiger partial charge in [-0.25, -0.2) is 4.98 Å². The number of aliphatic hydroxyl groups excluding tert-OH is 1. The Morgan fingerprint density at radius 3 is 3.20 bits per heavy atom. The number of nitrogens with zero attached hydrogens (tertiary/aromatic N) is 1. The number of furan rings is 1. The third kappa shape index (κ3) is 2.62. The predicted octanol–water partition coefficient (Wildman–Crippen LogP) is 2.29. The number of aliphatic hydroxyl groups is 1. The zero-order valence-electron chi connectivity index (χ0n) is 10.9. The first kappa shape index (κ1) is 13.3. The molecule has 6 heteroatoms. The van der Waals surface area contributed by atoms with Gasteiger partial charge in [-0.1, -0.05) is 6.42 Å². The van der Waals surface area contributed by atoms with E-state index in [1.54, 1.807) is 17.7 Å². The molecule has 2 unspecified atom stereocenters. The Kier molecular flexibility index (Phi) is 3.84. The summed E-state index contributed by atoms with van der Waals surface area (Å²) in [5.41, 5.74) is 0.407. The topological polar surface area (TPSA) is 75.4 Å². The molecule has 0 spiro atoms. The lowest BCUT2D eigenvalue weighted by atomic mass is 10.1. The molecule has 0 radical (unpaired) electrons. The van der Waals surface area contributed by atoms with Crippen LogP contribution in [-0.2, 0) is 0 Å². The molecule has 5 nitrogen and oxygen atoms in total. The molecule has 3 rings (SSSR count). The molecule has 2 aromatic heterocycles. The van der Waals surface area contributed by atoms with Crippen LogP contribution in [-0.4, -0.2) is 28.6 Å². The second-order valence-electron chi connectivity index (χ2n) is 4.97. The van der Waals surface area contributed by atoms with Gasteiger partial charge in [0.25, 0.3) is 5.91 Å². The lowest BCUT2D eigenvalue weighted by Crippen LogP contribution is -2.38.